The Hall–Kier alpha value is -4.04. The van der Waals surface area contributed by atoms with Gasteiger partial charge in [0.05, 0.1) is 23.0 Å². The minimum absolute atomic E-state index is 0.223. The number of aromatic nitrogens is 6. The third-order valence-corrected chi connectivity index (χ3v) is 5.68. The number of hydrogen-bond donors (Lipinski definition) is 1. The third kappa shape index (κ3) is 3.85. The Kier molecular flexibility index (Phi) is 5.14. The molecular weight excluding hydrogens is 438 g/mol. The highest BCUT2D eigenvalue weighted by atomic mass is 35.5. The molecule has 0 atom stereocenters. The van der Waals surface area contributed by atoms with Gasteiger partial charge in [-0.3, -0.25) is 4.79 Å². The molecule has 0 fully saturated rings. The van der Waals surface area contributed by atoms with E-state index in [4.69, 9.17) is 11.6 Å². The van der Waals surface area contributed by atoms with Crippen LogP contribution in [0.2, 0.25) is 5.02 Å². The molecule has 0 bridgehead atoms. The molecule has 5 rings (SSSR count). The molecule has 0 saturated carbocycles. The number of benzene rings is 2. The van der Waals surface area contributed by atoms with Gasteiger partial charge in [0, 0.05) is 16.7 Å². The van der Waals surface area contributed by atoms with Crippen LogP contribution in [0, 0.1) is 20.8 Å². The average Bonchev–Trinajstić information content (AvgIpc) is 3.38. The van der Waals surface area contributed by atoms with Crippen molar-refractivity contribution < 1.29 is 4.79 Å². The molecule has 0 saturated heterocycles. The van der Waals surface area contributed by atoms with E-state index in [2.05, 4.69) is 25.5 Å². The highest BCUT2D eigenvalue weighted by molar-refractivity contribution is 6.30. The van der Waals surface area contributed by atoms with Crippen LogP contribution in [0.15, 0.2) is 61.1 Å². The van der Waals surface area contributed by atoms with Crippen LogP contribution >= 0.6 is 11.6 Å². The molecule has 0 aliphatic carbocycles. The lowest BCUT2D eigenvalue weighted by atomic mass is 10.1. The number of carbonyl (C=O) groups is 1. The lowest BCUT2D eigenvalue weighted by Gasteiger charge is -2.10. The van der Waals surface area contributed by atoms with Crippen molar-refractivity contribution >= 4 is 34.4 Å². The molecule has 0 spiro atoms. The fourth-order valence-electron chi connectivity index (χ4n) is 3.62. The first-order chi connectivity index (χ1) is 15.9. The standard InChI is InChI=1S/C24H20ClN7O/c1-14-7-8-17(9-15(14)2)24(33)29-21-10-16(3)30-32(21)23-20-12-28-31(22(20)26-13-27-23)19-6-4-5-18(25)11-19/h4-13H,1-3H3,(H,29,33). The van der Waals surface area contributed by atoms with Crippen molar-refractivity contribution in [3.63, 3.8) is 0 Å². The fraction of sp³-hybridized carbons (Fsp3) is 0.125. The second-order valence-electron chi connectivity index (χ2n) is 7.81. The minimum atomic E-state index is -0.223. The summed E-state index contributed by atoms with van der Waals surface area (Å²) in [5, 5.41) is 13.3. The summed E-state index contributed by atoms with van der Waals surface area (Å²) in [6, 6.07) is 14.8. The molecule has 3 heterocycles. The summed E-state index contributed by atoms with van der Waals surface area (Å²) in [6.07, 6.45) is 3.13. The van der Waals surface area contributed by atoms with Crippen molar-refractivity contribution in [2.24, 2.45) is 0 Å². The van der Waals surface area contributed by atoms with Gasteiger partial charge in [0.15, 0.2) is 11.5 Å². The number of nitrogens with zero attached hydrogens (tertiary/aromatic N) is 6. The SMILES string of the molecule is Cc1cc(NC(=O)c2ccc(C)c(C)c2)n(-c2ncnc3c2cnn3-c2cccc(Cl)c2)n1. The number of carbonyl (C=O) groups excluding carboxylic acids is 1. The minimum Gasteiger partial charge on any atom is -0.306 e. The zero-order chi connectivity index (χ0) is 23.1. The van der Waals surface area contributed by atoms with E-state index in [0.717, 1.165) is 22.5 Å². The monoisotopic (exact) mass is 457 g/mol. The molecule has 9 heteroatoms. The summed E-state index contributed by atoms with van der Waals surface area (Å²) in [5.74, 6) is 0.794. The normalized spacial score (nSPS) is 11.2. The lowest BCUT2D eigenvalue weighted by Crippen LogP contribution is -2.16. The average molecular weight is 458 g/mol. The number of hydrogen-bond acceptors (Lipinski definition) is 5. The van der Waals surface area contributed by atoms with Gasteiger partial charge >= 0.3 is 0 Å². The van der Waals surface area contributed by atoms with Gasteiger partial charge in [-0.15, -0.1) is 0 Å². The summed E-state index contributed by atoms with van der Waals surface area (Å²) >= 11 is 6.15. The van der Waals surface area contributed by atoms with Gasteiger partial charge in [0.25, 0.3) is 5.91 Å². The van der Waals surface area contributed by atoms with E-state index in [1.807, 2.05) is 57.2 Å². The van der Waals surface area contributed by atoms with Crippen LogP contribution in [0.5, 0.6) is 0 Å². The van der Waals surface area contributed by atoms with Gasteiger partial charge in [0.2, 0.25) is 0 Å². The number of halogens is 1. The van der Waals surface area contributed by atoms with E-state index >= 15 is 0 Å². The van der Waals surface area contributed by atoms with Crippen molar-refractivity contribution in [2.75, 3.05) is 5.32 Å². The third-order valence-electron chi connectivity index (χ3n) is 5.44. The molecule has 8 nitrogen and oxygen atoms in total. The van der Waals surface area contributed by atoms with Crippen molar-refractivity contribution in [3.05, 3.63) is 88.5 Å². The van der Waals surface area contributed by atoms with Crippen molar-refractivity contribution in [2.45, 2.75) is 20.8 Å². The highest BCUT2D eigenvalue weighted by Gasteiger charge is 2.18. The lowest BCUT2D eigenvalue weighted by molar-refractivity contribution is 0.102. The molecule has 1 amide bonds. The molecule has 1 N–H and O–H groups in total. The summed E-state index contributed by atoms with van der Waals surface area (Å²) in [5.41, 5.74) is 4.87. The van der Waals surface area contributed by atoms with Crippen molar-refractivity contribution in [3.8, 4) is 11.5 Å². The van der Waals surface area contributed by atoms with E-state index in [1.54, 1.807) is 27.7 Å². The maximum absolute atomic E-state index is 12.9. The zero-order valence-electron chi connectivity index (χ0n) is 18.2. The predicted octanol–water partition coefficient (Wildman–Crippen LogP) is 4.83. The maximum Gasteiger partial charge on any atom is 0.256 e. The summed E-state index contributed by atoms with van der Waals surface area (Å²) < 4.78 is 3.29. The van der Waals surface area contributed by atoms with Crippen LogP contribution in [0.3, 0.4) is 0 Å². The van der Waals surface area contributed by atoms with Crippen LogP contribution in [0.1, 0.15) is 27.2 Å². The Morgan fingerprint density at radius 3 is 2.61 bits per heavy atom. The second-order valence-corrected chi connectivity index (χ2v) is 8.24. The maximum atomic E-state index is 12.9. The molecule has 33 heavy (non-hydrogen) atoms. The topological polar surface area (TPSA) is 90.5 Å². The van der Waals surface area contributed by atoms with Crippen LogP contribution < -0.4 is 5.32 Å². The van der Waals surface area contributed by atoms with Gasteiger partial charge in [-0.1, -0.05) is 23.7 Å². The van der Waals surface area contributed by atoms with E-state index in [1.165, 1.54) is 6.33 Å². The Morgan fingerprint density at radius 2 is 1.82 bits per heavy atom. The van der Waals surface area contributed by atoms with E-state index < -0.39 is 0 Å². The molecule has 5 aromatic rings. The van der Waals surface area contributed by atoms with Gasteiger partial charge in [0.1, 0.15) is 12.1 Å². The van der Waals surface area contributed by atoms with E-state index in [0.29, 0.717) is 33.3 Å². The number of rotatable bonds is 4. The summed E-state index contributed by atoms with van der Waals surface area (Å²) in [7, 11) is 0. The molecule has 164 valence electrons. The molecule has 0 unspecified atom stereocenters. The van der Waals surface area contributed by atoms with Crippen LogP contribution in [0.25, 0.3) is 22.5 Å². The van der Waals surface area contributed by atoms with E-state index in [9.17, 15) is 4.79 Å². The number of fused-ring (bicyclic) bond motifs is 1. The molecule has 3 aromatic heterocycles. The van der Waals surface area contributed by atoms with Gasteiger partial charge in [-0.05, 0) is 62.2 Å². The van der Waals surface area contributed by atoms with Gasteiger partial charge in [-0.25, -0.2) is 14.6 Å². The van der Waals surface area contributed by atoms with E-state index in [-0.39, 0.29) is 5.91 Å². The second kappa shape index (κ2) is 8.14. The summed E-state index contributed by atoms with van der Waals surface area (Å²) in [4.78, 5) is 21.8. The highest BCUT2D eigenvalue weighted by Crippen LogP contribution is 2.25. The predicted molar refractivity (Wildman–Crippen MR) is 127 cm³/mol. The zero-order valence-corrected chi connectivity index (χ0v) is 19.0. The number of nitrogens with one attached hydrogen (secondary N) is 1. The largest absolute Gasteiger partial charge is 0.306 e. The molecular formula is C24H20ClN7O. The number of anilines is 1. The summed E-state index contributed by atoms with van der Waals surface area (Å²) in [6.45, 7) is 5.85. The van der Waals surface area contributed by atoms with Crippen LogP contribution in [-0.4, -0.2) is 35.4 Å². The van der Waals surface area contributed by atoms with Crippen molar-refractivity contribution in [1.82, 2.24) is 29.5 Å². The Bertz CT molecular complexity index is 1520. The Morgan fingerprint density at radius 1 is 0.970 bits per heavy atom. The quantitative estimate of drug-likeness (QED) is 0.417. The number of aryl methyl sites for hydroxylation is 3. The first-order valence-electron chi connectivity index (χ1n) is 10.3. The fourth-order valence-corrected chi connectivity index (χ4v) is 3.80. The molecule has 0 aliphatic heterocycles. The van der Waals surface area contributed by atoms with Crippen LogP contribution in [-0.2, 0) is 0 Å². The first-order valence-corrected chi connectivity index (χ1v) is 10.7. The molecule has 0 aliphatic rings. The first kappa shape index (κ1) is 20.8. The molecule has 0 radical (unpaired) electrons. The Balaban J connectivity index is 1.56. The molecule has 2 aromatic carbocycles. The van der Waals surface area contributed by atoms with Gasteiger partial charge < -0.3 is 5.32 Å². The Labute approximate surface area is 194 Å². The van der Waals surface area contributed by atoms with Crippen LogP contribution in [0.4, 0.5) is 5.82 Å². The smallest absolute Gasteiger partial charge is 0.256 e. The number of amides is 1. The van der Waals surface area contributed by atoms with Crippen molar-refractivity contribution in [1.29, 1.82) is 0 Å². The van der Waals surface area contributed by atoms with Gasteiger partial charge in [-0.2, -0.15) is 14.9 Å².